The van der Waals surface area contributed by atoms with Crippen LogP contribution in [-0.2, 0) is 25.0 Å². The number of aryl methyl sites for hydroxylation is 1. The molecule has 0 saturated heterocycles. The maximum atomic E-state index is 12.8. The molecule has 12 nitrogen and oxygen atoms in total. The van der Waals surface area contributed by atoms with E-state index in [9.17, 15) is 35.5 Å². The first-order chi connectivity index (χ1) is 18.3. The van der Waals surface area contributed by atoms with Gasteiger partial charge in [-0.2, -0.15) is 10.1 Å². The van der Waals surface area contributed by atoms with Gasteiger partial charge in [0.2, 0.25) is 0 Å². The van der Waals surface area contributed by atoms with Crippen molar-refractivity contribution in [1.29, 1.82) is 0 Å². The summed E-state index contributed by atoms with van der Waals surface area (Å²) >= 11 is 0. The largest absolute Gasteiger partial charge is 1.00 e. The van der Waals surface area contributed by atoms with Crippen LogP contribution >= 0.6 is 0 Å². The van der Waals surface area contributed by atoms with Gasteiger partial charge in [0.15, 0.2) is 0 Å². The summed E-state index contributed by atoms with van der Waals surface area (Å²) in [6.45, 7) is 3.32. The van der Waals surface area contributed by atoms with E-state index in [4.69, 9.17) is 0 Å². The molecule has 1 aliphatic heterocycles. The number of hydrogen-bond donors (Lipinski definition) is 1. The summed E-state index contributed by atoms with van der Waals surface area (Å²) in [5.41, 5.74) is 1.86. The van der Waals surface area contributed by atoms with E-state index in [-0.39, 0.29) is 59.1 Å². The Morgan fingerprint density at radius 1 is 0.780 bits per heavy atom. The van der Waals surface area contributed by atoms with Gasteiger partial charge in [0.05, 0.1) is 38.0 Å². The minimum atomic E-state index is -4.61. The molecule has 0 saturated carbocycles. The van der Waals surface area contributed by atoms with E-state index in [0.717, 1.165) is 29.3 Å². The predicted octanol–water partition coefficient (Wildman–Crippen LogP) is -3.79. The summed E-state index contributed by atoms with van der Waals surface area (Å²) in [4.78, 5) is 24.8. The van der Waals surface area contributed by atoms with Gasteiger partial charge < -0.3 is 9.11 Å². The van der Waals surface area contributed by atoms with Crippen LogP contribution in [0, 0.1) is 6.92 Å². The second-order valence-electron chi connectivity index (χ2n) is 8.31. The van der Waals surface area contributed by atoms with Crippen LogP contribution in [0.3, 0.4) is 0 Å². The maximum absolute atomic E-state index is 12.8. The van der Waals surface area contributed by atoms with Crippen molar-refractivity contribution < 1.29 is 89.9 Å². The third-order valence-electron chi connectivity index (χ3n) is 5.68. The van der Waals surface area contributed by atoms with Crippen LogP contribution in [0.15, 0.2) is 98.1 Å². The number of anilines is 1. The van der Waals surface area contributed by atoms with Gasteiger partial charge in [0.25, 0.3) is 11.5 Å². The van der Waals surface area contributed by atoms with Crippen molar-refractivity contribution in [1.82, 2.24) is 9.78 Å². The average molecular weight is 615 g/mol. The summed E-state index contributed by atoms with van der Waals surface area (Å²) in [6.07, 6.45) is 7.88. The normalized spacial score (nSPS) is 14.9. The zero-order valence-corrected chi connectivity index (χ0v) is 28.1. The van der Waals surface area contributed by atoms with Crippen molar-refractivity contribution in [3.05, 3.63) is 100 Å². The van der Waals surface area contributed by atoms with Gasteiger partial charge in [-0.25, -0.2) is 21.5 Å². The number of hydrazone groups is 1. The number of nitrogens with one attached hydrogen (secondary N) is 1. The van der Waals surface area contributed by atoms with Crippen LogP contribution in [0.1, 0.15) is 18.2 Å². The molecule has 0 fully saturated rings. The topological polar surface area (TPSA) is 185 Å². The first-order valence-electron chi connectivity index (χ1n) is 11.2. The maximum Gasteiger partial charge on any atom is 1.00 e. The van der Waals surface area contributed by atoms with Gasteiger partial charge in [-0.05, 0) is 74.5 Å². The van der Waals surface area contributed by atoms with E-state index < -0.39 is 41.5 Å². The SMILES string of the molecule is CC1=NN(c2ccc(S(=O)(=O)[O-])cc2)C(=O)/C1=C\C=CC=Cc1c(C)[nH]n(-c2ccc(S(=O)(=O)[O-])cc2)c1=O.[Na+].[Na+]. The first kappa shape index (κ1) is 34.8. The van der Waals surface area contributed by atoms with Crippen molar-refractivity contribution >= 4 is 43.6 Å². The summed E-state index contributed by atoms with van der Waals surface area (Å²) in [5.74, 6) is -0.445. The van der Waals surface area contributed by atoms with Crippen LogP contribution in [0.2, 0.25) is 0 Å². The van der Waals surface area contributed by atoms with Crippen molar-refractivity contribution in [3.63, 3.8) is 0 Å². The molecule has 2 aromatic carbocycles. The Balaban J connectivity index is 0.00000294. The summed E-state index contributed by atoms with van der Waals surface area (Å²) < 4.78 is 67.9. The Kier molecular flexibility index (Phi) is 11.7. The first-order valence-corrected chi connectivity index (χ1v) is 14.0. The van der Waals surface area contributed by atoms with Crippen molar-refractivity contribution in [3.8, 4) is 5.69 Å². The van der Waals surface area contributed by atoms with Gasteiger partial charge >= 0.3 is 59.1 Å². The van der Waals surface area contributed by atoms with E-state index in [0.29, 0.717) is 33.9 Å². The molecule has 16 heteroatoms. The monoisotopic (exact) mass is 614 g/mol. The summed E-state index contributed by atoms with van der Waals surface area (Å²) in [7, 11) is -9.21. The fourth-order valence-corrected chi connectivity index (χ4v) is 4.65. The fraction of sp³-hybridized carbons (Fsp3) is 0.0800. The molecule has 1 aliphatic rings. The number of rotatable bonds is 7. The number of aromatic nitrogens is 2. The quantitative estimate of drug-likeness (QED) is 0.122. The molecule has 0 bridgehead atoms. The molecule has 0 radical (unpaired) electrons. The van der Waals surface area contributed by atoms with Crippen LogP contribution < -0.4 is 69.7 Å². The molecular formula is C25H20N4Na2O8S2. The molecule has 1 amide bonds. The van der Waals surface area contributed by atoms with Crippen molar-refractivity contribution in [2.75, 3.05) is 5.01 Å². The second-order valence-corrected chi connectivity index (χ2v) is 11.1. The zero-order valence-electron chi connectivity index (χ0n) is 22.4. The van der Waals surface area contributed by atoms with Gasteiger partial charge in [0.1, 0.15) is 20.2 Å². The number of allylic oxidation sites excluding steroid dienone is 4. The summed E-state index contributed by atoms with van der Waals surface area (Å²) in [5, 5.41) is 8.17. The minimum Gasteiger partial charge on any atom is -0.744 e. The van der Waals surface area contributed by atoms with E-state index in [1.807, 2.05) is 0 Å². The molecule has 1 aromatic heterocycles. The molecule has 0 atom stereocenters. The number of hydrogen-bond acceptors (Lipinski definition) is 9. The molecular weight excluding hydrogens is 594 g/mol. The van der Waals surface area contributed by atoms with Gasteiger partial charge in [-0.1, -0.05) is 18.2 Å². The van der Waals surface area contributed by atoms with E-state index in [1.54, 1.807) is 38.2 Å². The molecule has 41 heavy (non-hydrogen) atoms. The molecule has 0 unspecified atom stereocenters. The number of carbonyl (C=O) groups is 1. The summed E-state index contributed by atoms with van der Waals surface area (Å²) in [6, 6.07) is 9.75. The van der Waals surface area contributed by atoms with Crippen LogP contribution in [-0.4, -0.2) is 47.3 Å². The van der Waals surface area contributed by atoms with Crippen LogP contribution in [0.5, 0.6) is 0 Å². The number of amides is 1. The van der Waals surface area contributed by atoms with Gasteiger partial charge in [-0.15, -0.1) is 0 Å². The Bertz CT molecular complexity index is 1860. The fourth-order valence-electron chi connectivity index (χ4n) is 3.71. The molecule has 2 heterocycles. The van der Waals surface area contributed by atoms with Crippen LogP contribution in [0.25, 0.3) is 11.8 Å². The zero-order chi connectivity index (χ0) is 28.5. The Labute approximate surface area is 280 Å². The molecule has 0 spiro atoms. The van der Waals surface area contributed by atoms with E-state index in [2.05, 4.69) is 10.2 Å². The number of H-pyrrole nitrogens is 1. The Morgan fingerprint density at radius 3 is 1.80 bits per heavy atom. The average Bonchev–Trinajstić information content (AvgIpc) is 3.32. The molecule has 0 aliphatic carbocycles. The number of aromatic amines is 1. The Hall–Kier alpha value is -2.37. The molecule has 4 rings (SSSR count). The third kappa shape index (κ3) is 7.93. The minimum absolute atomic E-state index is 0. The number of nitrogens with zero attached hydrogens (tertiary/aromatic N) is 3. The number of carbonyl (C=O) groups excluding carboxylic acids is 1. The van der Waals surface area contributed by atoms with Crippen molar-refractivity contribution in [2.45, 2.75) is 23.6 Å². The van der Waals surface area contributed by atoms with Gasteiger partial charge in [-0.3, -0.25) is 14.7 Å². The van der Waals surface area contributed by atoms with Crippen LogP contribution in [0.4, 0.5) is 5.69 Å². The van der Waals surface area contributed by atoms with Gasteiger partial charge in [0, 0.05) is 5.69 Å². The molecule has 3 aromatic rings. The van der Waals surface area contributed by atoms with E-state index in [1.165, 1.54) is 35.0 Å². The number of benzene rings is 2. The smallest absolute Gasteiger partial charge is 0.744 e. The van der Waals surface area contributed by atoms with Crippen molar-refractivity contribution in [2.24, 2.45) is 5.10 Å². The predicted molar refractivity (Wildman–Crippen MR) is 140 cm³/mol. The molecule has 202 valence electrons. The molecule has 1 N–H and O–H groups in total. The second kappa shape index (κ2) is 13.7. The standard InChI is InChI=1S/C25H22N4O8S2.2Na/c1-16-22(24(30)28(26-16)18-8-12-20(13-9-18)38(32,33)34)6-4-3-5-7-23-17(2)27-29(25(23)31)19-10-14-21(15-11-19)39(35,36)37;;/h3-15,26H,1-2H3,(H,32,33,34)(H,35,36,37);;/q;2*+1/p-2/b5-3?,6-4?,23-7-;;. The van der Waals surface area contributed by atoms with E-state index >= 15 is 0 Å². The third-order valence-corrected chi connectivity index (χ3v) is 7.38. The Morgan fingerprint density at radius 2 is 1.29 bits per heavy atom.